The predicted molar refractivity (Wildman–Crippen MR) is 99.6 cm³/mol. The molecule has 3 amide bonds. The molecule has 29 heavy (non-hydrogen) atoms. The summed E-state index contributed by atoms with van der Waals surface area (Å²) in [5.74, 6) is -0.0972. The minimum Gasteiger partial charge on any atom is -0.439 e. The standard InChI is InChI=1S/C19H15N7O3/c1-19(12-5-4-6-13(9-12)26-11-20-23-24-26)17(27)25(18(28)22-19)10-16-21-14-7-2-3-8-15(14)29-16/h2-9,11H,10H2,1H3,(H,22,28)/t19-/m1/s1. The Labute approximate surface area is 164 Å². The van der Waals surface area contributed by atoms with Crippen LogP contribution in [-0.2, 0) is 16.9 Å². The monoisotopic (exact) mass is 389 g/mol. The van der Waals surface area contributed by atoms with Crippen molar-refractivity contribution in [2.45, 2.75) is 19.0 Å². The maximum atomic E-state index is 13.2. The molecule has 0 saturated carbocycles. The number of benzene rings is 2. The molecule has 2 aromatic heterocycles. The second-order valence-corrected chi connectivity index (χ2v) is 6.83. The molecule has 1 aliphatic heterocycles. The maximum absolute atomic E-state index is 13.2. The Morgan fingerprint density at radius 3 is 2.79 bits per heavy atom. The van der Waals surface area contributed by atoms with E-state index in [0.717, 1.165) is 4.90 Å². The fourth-order valence-electron chi connectivity index (χ4n) is 3.40. The van der Waals surface area contributed by atoms with Crippen LogP contribution in [0.25, 0.3) is 16.8 Å². The lowest BCUT2D eigenvalue weighted by Gasteiger charge is -2.22. The maximum Gasteiger partial charge on any atom is 0.325 e. The lowest BCUT2D eigenvalue weighted by molar-refractivity contribution is -0.131. The number of aromatic nitrogens is 5. The van der Waals surface area contributed by atoms with E-state index in [1.807, 2.05) is 18.2 Å². The van der Waals surface area contributed by atoms with E-state index in [0.29, 0.717) is 28.2 Å². The van der Waals surface area contributed by atoms with Crippen LogP contribution in [0.2, 0.25) is 0 Å². The quantitative estimate of drug-likeness (QED) is 0.528. The van der Waals surface area contributed by atoms with Gasteiger partial charge in [0, 0.05) is 0 Å². The van der Waals surface area contributed by atoms with Gasteiger partial charge in [-0.05, 0) is 47.2 Å². The van der Waals surface area contributed by atoms with E-state index < -0.39 is 17.5 Å². The van der Waals surface area contributed by atoms with Crippen LogP contribution >= 0.6 is 0 Å². The van der Waals surface area contributed by atoms with Gasteiger partial charge in [-0.15, -0.1) is 5.10 Å². The normalized spacial score (nSPS) is 19.1. The van der Waals surface area contributed by atoms with Gasteiger partial charge in [-0.1, -0.05) is 24.3 Å². The third-order valence-corrected chi connectivity index (χ3v) is 4.94. The third kappa shape index (κ3) is 2.73. The van der Waals surface area contributed by atoms with Crippen molar-refractivity contribution in [2.24, 2.45) is 0 Å². The van der Waals surface area contributed by atoms with Crippen LogP contribution < -0.4 is 5.32 Å². The Morgan fingerprint density at radius 1 is 1.14 bits per heavy atom. The van der Waals surface area contributed by atoms with Gasteiger partial charge in [0.25, 0.3) is 5.91 Å². The Bertz CT molecular complexity index is 1200. The highest BCUT2D eigenvalue weighted by atomic mass is 16.3. The number of oxazole rings is 1. The number of nitrogens with one attached hydrogen (secondary N) is 1. The summed E-state index contributed by atoms with van der Waals surface area (Å²) in [5, 5.41) is 13.9. The zero-order valence-electron chi connectivity index (χ0n) is 15.3. The number of urea groups is 1. The molecule has 2 aromatic carbocycles. The fourth-order valence-corrected chi connectivity index (χ4v) is 3.40. The number of rotatable bonds is 4. The predicted octanol–water partition coefficient (Wildman–Crippen LogP) is 1.77. The van der Waals surface area contributed by atoms with E-state index in [-0.39, 0.29) is 6.54 Å². The molecule has 1 aliphatic rings. The van der Waals surface area contributed by atoms with E-state index in [9.17, 15) is 9.59 Å². The Hall–Kier alpha value is -4.08. The second kappa shape index (κ2) is 6.23. The second-order valence-electron chi connectivity index (χ2n) is 6.83. The molecule has 10 heteroatoms. The number of hydrogen-bond donors (Lipinski definition) is 1. The van der Waals surface area contributed by atoms with Crippen molar-refractivity contribution in [3.05, 3.63) is 66.3 Å². The highest BCUT2D eigenvalue weighted by molar-refractivity contribution is 6.07. The zero-order valence-corrected chi connectivity index (χ0v) is 15.3. The van der Waals surface area contributed by atoms with Crippen LogP contribution in [0.3, 0.4) is 0 Å². The van der Waals surface area contributed by atoms with Crippen molar-refractivity contribution in [3.63, 3.8) is 0 Å². The molecule has 5 rings (SSSR count). The molecule has 1 fully saturated rings. The van der Waals surface area contributed by atoms with Gasteiger partial charge < -0.3 is 9.73 Å². The van der Waals surface area contributed by atoms with Crippen LogP contribution in [0, 0.1) is 0 Å². The van der Waals surface area contributed by atoms with Gasteiger partial charge in [-0.3, -0.25) is 9.69 Å². The first kappa shape index (κ1) is 17.0. The SMILES string of the molecule is C[C@]1(c2cccc(-n3cnnn3)c2)NC(=O)N(Cc2nc3ccccc3o2)C1=O. The molecule has 3 heterocycles. The fraction of sp³-hybridized carbons (Fsp3) is 0.158. The average molecular weight is 389 g/mol. The van der Waals surface area contributed by atoms with Crippen molar-refractivity contribution in [1.82, 2.24) is 35.4 Å². The minimum absolute atomic E-state index is 0.0539. The molecule has 1 N–H and O–H groups in total. The van der Waals surface area contributed by atoms with Crippen molar-refractivity contribution in [3.8, 4) is 5.69 Å². The molecular formula is C19H15N7O3. The van der Waals surface area contributed by atoms with E-state index >= 15 is 0 Å². The number of fused-ring (bicyclic) bond motifs is 1. The van der Waals surface area contributed by atoms with Crippen LogP contribution in [-0.4, -0.2) is 42.0 Å². The summed E-state index contributed by atoms with van der Waals surface area (Å²) in [7, 11) is 0. The zero-order chi connectivity index (χ0) is 20.0. The van der Waals surface area contributed by atoms with Gasteiger partial charge in [-0.25, -0.2) is 14.5 Å². The van der Waals surface area contributed by atoms with Crippen molar-refractivity contribution in [2.75, 3.05) is 0 Å². The number of hydrogen-bond acceptors (Lipinski definition) is 7. The molecular weight excluding hydrogens is 374 g/mol. The summed E-state index contributed by atoms with van der Waals surface area (Å²) in [6.07, 6.45) is 1.45. The van der Waals surface area contributed by atoms with Gasteiger partial charge in [-0.2, -0.15) is 0 Å². The number of imide groups is 1. The summed E-state index contributed by atoms with van der Waals surface area (Å²) < 4.78 is 7.13. The molecule has 144 valence electrons. The molecule has 0 spiro atoms. The van der Waals surface area contributed by atoms with E-state index in [1.165, 1.54) is 11.0 Å². The van der Waals surface area contributed by atoms with Crippen molar-refractivity contribution < 1.29 is 14.0 Å². The largest absolute Gasteiger partial charge is 0.439 e. The van der Waals surface area contributed by atoms with E-state index in [1.54, 1.807) is 37.3 Å². The van der Waals surface area contributed by atoms with Gasteiger partial charge in [0.05, 0.1) is 5.69 Å². The Balaban J connectivity index is 1.45. The molecule has 0 aliphatic carbocycles. The van der Waals surface area contributed by atoms with Crippen LogP contribution in [0.15, 0.2) is 59.3 Å². The minimum atomic E-state index is -1.23. The summed E-state index contributed by atoms with van der Waals surface area (Å²) in [6.45, 7) is 1.61. The first-order valence-corrected chi connectivity index (χ1v) is 8.87. The smallest absolute Gasteiger partial charge is 0.325 e. The highest BCUT2D eigenvalue weighted by Crippen LogP contribution is 2.31. The molecule has 1 atom stereocenters. The molecule has 0 bridgehead atoms. The lowest BCUT2D eigenvalue weighted by Crippen LogP contribution is -2.40. The van der Waals surface area contributed by atoms with E-state index in [4.69, 9.17) is 4.42 Å². The average Bonchev–Trinajstić information content (AvgIpc) is 3.44. The summed E-state index contributed by atoms with van der Waals surface area (Å²) in [4.78, 5) is 31.2. The highest BCUT2D eigenvalue weighted by Gasteiger charge is 2.49. The van der Waals surface area contributed by atoms with Crippen LogP contribution in [0.4, 0.5) is 4.79 Å². The number of para-hydroxylation sites is 2. The molecule has 1 saturated heterocycles. The van der Waals surface area contributed by atoms with Gasteiger partial charge in [0.15, 0.2) is 5.58 Å². The first-order valence-electron chi connectivity index (χ1n) is 8.87. The molecule has 4 aromatic rings. The number of nitrogens with zero attached hydrogens (tertiary/aromatic N) is 6. The van der Waals surface area contributed by atoms with Gasteiger partial charge in [0.1, 0.15) is 23.9 Å². The molecule has 0 radical (unpaired) electrons. The number of carbonyl (C=O) groups is 2. The number of tetrazole rings is 1. The number of carbonyl (C=O) groups excluding carboxylic acids is 2. The summed E-state index contributed by atoms with van der Waals surface area (Å²) in [6, 6.07) is 13.9. The van der Waals surface area contributed by atoms with Crippen LogP contribution in [0.1, 0.15) is 18.4 Å². The van der Waals surface area contributed by atoms with E-state index in [2.05, 4.69) is 25.8 Å². The summed E-state index contributed by atoms with van der Waals surface area (Å²) >= 11 is 0. The molecule has 10 nitrogen and oxygen atoms in total. The summed E-state index contributed by atoms with van der Waals surface area (Å²) in [5.41, 5.74) is 1.34. The first-order chi connectivity index (χ1) is 14.0. The van der Waals surface area contributed by atoms with Gasteiger partial charge in [0.2, 0.25) is 5.89 Å². The lowest BCUT2D eigenvalue weighted by atomic mass is 9.91. The Kier molecular flexibility index (Phi) is 3.66. The van der Waals surface area contributed by atoms with Crippen LogP contribution in [0.5, 0.6) is 0 Å². The van der Waals surface area contributed by atoms with Crippen molar-refractivity contribution in [1.29, 1.82) is 0 Å². The van der Waals surface area contributed by atoms with Gasteiger partial charge >= 0.3 is 6.03 Å². The molecule has 0 unspecified atom stereocenters. The third-order valence-electron chi connectivity index (χ3n) is 4.94. The number of amides is 3. The topological polar surface area (TPSA) is 119 Å². The Morgan fingerprint density at radius 2 is 2.00 bits per heavy atom. The van der Waals surface area contributed by atoms with Crippen molar-refractivity contribution >= 4 is 23.0 Å².